The van der Waals surface area contributed by atoms with Crippen LogP contribution in [0, 0.1) is 5.92 Å². The van der Waals surface area contributed by atoms with Gasteiger partial charge in [0, 0.05) is 51.3 Å². The predicted octanol–water partition coefficient (Wildman–Crippen LogP) is 7.43. The molecule has 0 spiro atoms. The molecule has 1 N–H and O–H groups in total. The van der Waals surface area contributed by atoms with Crippen LogP contribution in [0.4, 0.5) is 56.8 Å². The van der Waals surface area contributed by atoms with Gasteiger partial charge in [-0.05, 0) is 85.8 Å². The van der Waals surface area contributed by atoms with Gasteiger partial charge >= 0.3 is 24.5 Å². The van der Waals surface area contributed by atoms with E-state index in [9.17, 15) is 49.1 Å². The van der Waals surface area contributed by atoms with E-state index in [1.807, 2.05) is 9.80 Å². The fourth-order valence-electron chi connectivity index (χ4n) is 7.48. The Balaban J connectivity index is 1.35. The number of ether oxygens (including phenoxy) is 1. The number of halogens is 9. The highest BCUT2D eigenvalue weighted by Gasteiger charge is 2.40. The summed E-state index contributed by atoms with van der Waals surface area (Å²) in [5.41, 5.74) is -3.99. The second-order valence-corrected chi connectivity index (χ2v) is 14.1. The topological polar surface area (TPSA) is 102 Å². The van der Waals surface area contributed by atoms with Crippen molar-refractivity contribution in [3.8, 4) is 0 Å². The molecular formula is C37H39F9N6O4. The van der Waals surface area contributed by atoms with Gasteiger partial charge in [0.2, 0.25) is 11.9 Å². The third-order valence-electron chi connectivity index (χ3n) is 10.4. The number of carboxylic acids is 1. The molecule has 3 aromatic rings. The van der Waals surface area contributed by atoms with Crippen molar-refractivity contribution in [2.45, 2.75) is 63.2 Å². The lowest BCUT2D eigenvalue weighted by molar-refractivity contribution is -0.143. The SMILES string of the molecule is O=C(O)CC1CCN(CCC(=O)N2CCC(N(Cc3cc(C(F)(F)F)cc(C(F)(F)F)c3)c3ncc(N4CCOCC4)cn3)c3cc(C(F)(F)F)ccc32)CC1. The van der Waals surface area contributed by atoms with Gasteiger partial charge < -0.3 is 29.4 Å². The highest BCUT2D eigenvalue weighted by atomic mass is 19.4. The molecule has 1 atom stereocenters. The molecule has 0 bridgehead atoms. The van der Waals surface area contributed by atoms with Crippen molar-refractivity contribution in [1.82, 2.24) is 14.9 Å². The van der Waals surface area contributed by atoms with Crippen LogP contribution in [0.25, 0.3) is 0 Å². The van der Waals surface area contributed by atoms with Crippen LogP contribution in [0.3, 0.4) is 0 Å². The van der Waals surface area contributed by atoms with Gasteiger partial charge in [-0.15, -0.1) is 0 Å². The molecule has 0 radical (unpaired) electrons. The van der Waals surface area contributed by atoms with Crippen LogP contribution in [0.2, 0.25) is 0 Å². The fourth-order valence-corrected chi connectivity index (χ4v) is 7.48. The van der Waals surface area contributed by atoms with Gasteiger partial charge in [-0.1, -0.05) is 0 Å². The normalized spacial score (nSPS) is 18.8. The van der Waals surface area contributed by atoms with E-state index in [0.717, 1.165) is 18.2 Å². The first-order valence-corrected chi connectivity index (χ1v) is 18.0. The van der Waals surface area contributed by atoms with Crippen LogP contribution >= 0.6 is 0 Å². The number of carbonyl (C=O) groups is 2. The molecular weight excluding hydrogens is 763 g/mol. The average molecular weight is 803 g/mol. The number of nitrogens with zero attached hydrogens (tertiary/aromatic N) is 6. The number of carbonyl (C=O) groups excluding carboxylic acids is 1. The van der Waals surface area contributed by atoms with Crippen LogP contribution < -0.4 is 14.7 Å². The number of alkyl halides is 9. The number of carboxylic acid groups (broad SMARTS) is 1. The van der Waals surface area contributed by atoms with Gasteiger partial charge in [-0.3, -0.25) is 9.59 Å². The smallest absolute Gasteiger partial charge is 0.416 e. The number of morpholine rings is 1. The Hall–Kier alpha value is -4.65. The Morgan fingerprint density at radius 3 is 1.96 bits per heavy atom. The second kappa shape index (κ2) is 16.4. The van der Waals surface area contributed by atoms with E-state index in [-0.39, 0.29) is 55.0 Å². The lowest BCUT2D eigenvalue weighted by Gasteiger charge is -2.41. The number of aromatic nitrogens is 2. The van der Waals surface area contributed by atoms with Gasteiger partial charge in [0.15, 0.2) is 0 Å². The van der Waals surface area contributed by atoms with E-state index in [4.69, 9.17) is 9.84 Å². The van der Waals surface area contributed by atoms with Crippen molar-refractivity contribution < 1.29 is 58.9 Å². The monoisotopic (exact) mass is 802 g/mol. The molecule has 0 saturated carbocycles. The van der Waals surface area contributed by atoms with Crippen LogP contribution in [0.5, 0.6) is 0 Å². The summed E-state index contributed by atoms with van der Waals surface area (Å²) in [6.07, 6.45) is -11.0. The molecule has 2 saturated heterocycles. The largest absolute Gasteiger partial charge is 0.481 e. The standard InChI is InChI=1S/C37H39F9N6O4/c38-35(39,40)25-1-2-30-29(19-25)31(5-10-51(30)32(53)6-9-49-7-3-23(4-8-49)17-33(54)55)52(34-47-20-28(21-48-34)50-11-13-56-14-12-50)22-24-15-26(36(41,42)43)18-27(16-24)37(44,45)46/h1-2,15-16,18-21,23,31H,3-14,17,22H2,(H,54,55). The zero-order valence-corrected chi connectivity index (χ0v) is 29.9. The number of benzene rings is 2. The molecule has 3 aliphatic rings. The van der Waals surface area contributed by atoms with Gasteiger partial charge in [0.05, 0.1) is 54.0 Å². The lowest BCUT2D eigenvalue weighted by Crippen LogP contribution is -2.43. The number of hydrogen-bond donors (Lipinski definition) is 1. The Labute approximate surface area is 315 Å². The van der Waals surface area contributed by atoms with Crippen molar-refractivity contribution in [1.29, 1.82) is 0 Å². The number of fused-ring (bicyclic) bond motifs is 1. The van der Waals surface area contributed by atoms with Crippen LogP contribution in [-0.2, 0) is 39.4 Å². The third kappa shape index (κ3) is 9.83. The number of aliphatic carboxylic acids is 1. The average Bonchev–Trinajstić information content (AvgIpc) is 3.15. The number of amides is 1. The van der Waals surface area contributed by atoms with E-state index in [2.05, 4.69) is 9.97 Å². The molecule has 0 aliphatic carbocycles. The van der Waals surface area contributed by atoms with Crippen molar-refractivity contribution in [2.24, 2.45) is 5.92 Å². The molecule has 1 aromatic heterocycles. The minimum atomic E-state index is -5.15. The van der Waals surface area contributed by atoms with Crippen molar-refractivity contribution in [3.63, 3.8) is 0 Å². The van der Waals surface area contributed by atoms with E-state index >= 15 is 0 Å². The van der Waals surface area contributed by atoms with Crippen LogP contribution in [-0.4, -0.2) is 84.3 Å². The minimum absolute atomic E-state index is 0.00495. The fraction of sp³-hybridized carbons (Fsp3) is 0.514. The summed E-state index contributed by atoms with van der Waals surface area (Å²) in [5.74, 6) is -1.42. The maximum absolute atomic E-state index is 14.2. The predicted molar refractivity (Wildman–Crippen MR) is 185 cm³/mol. The van der Waals surface area contributed by atoms with Gasteiger partial charge in [-0.2, -0.15) is 39.5 Å². The Bertz CT molecular complexity index is 1830. The lowest BCUT2D eigenvalue weighted by atomic mass is 9.92. The summed E-state index contributed by atoms with van der Waals surface area (Å²) in [6, 6.07) is 2.79. The van der Waals surface area contributed by atoms with E-state index in [1.165, 1.54) is 22.2 Å². The Morgan fingerprint density at radius 2 is 1.39 bits per heavy atom. The Kier molecular flexibility index (Phi) is 12.0. The Morgan fingerprint density at radius 1 is 0.786 bits per heavy atom. The number of anilines is 3. The molecule has 304 valence electrons. The third-order valence-corrected chi connectivity index (χ3v) is 10.4. The molecule has 1 amide bonds. The maximum Gasteiger partial charge on any atom is 0.416 e. The number of rotatable bonds is 10. The first-order valence-electron chi connectivity index (χ1n) is 18.0. The van der Waals surface area contributed by atoms with Crippen molar-refractivity contribution in [2.75, 3.05) is 67.2 Å². The number of likely N-dealkylation sites (tertiary alicyclic amines) is 1. The summed E-state index contributed by atoms with van der Waals surface area (Å²) < 4.78 is 131. The molecule has 3 aliphatic heterocycles. The summed E-state index contributed by atoms with van der Waals surface area (Å²) in [5, 5.41) is 9.10. The highest BCUT2D eigenvalue weighted by molar-refractivity contribution is 5.95. The molecule has 19 heteroatoms. The quantitative estimate of drug-likeness (QED) is 0.210. The highest BCUT2D eigenvalue weighted by Crippen LogP contribution is 2.44. The van der Waals surface area contributed by atoms with Gasteiger partial charge in [0.1, 0.15) is 0 Å². The molecule has 2 fully saturated rings. The molecule has 56 heavy (non-hydrogen) atoms. The van der Waals surface area contributed by atoms with Gasteiger partial charge in [-0.25, -0.2) is 9.97 Å². The minimum Gasteiger partial charge on any atom is -0.481 e. The van der Waals surface area contributed by atoms with Crippen molar-refractivity contribution >= 4 is 29.2 Å². The molecule has 10 nitrogen and oxygen atoms in total. The zero-order chi connectivity index (χ0) is 40.4. The summed E-state index contributed by atoms with van der Waals surface area (Å²) in [7, 11) is 0. The summed E-state index contributed by atoms with van der Waals surface area (Å²) in [4.78, 5) is 40.2. The van der Waals surface area contributed by atoms with E-state index in [0.29, 0.717) is 76.6 Å². The van der Waals surface area contributed by atoms with E-state index in [1.54, 1.807) is 0 Å². The van der Waals surface area contributed by atoms with Crippen LogP contribution in [0.15, 0.2) is 48.8 Å². The van der Waals surface area contributed by atoms with Crippen LogP contribution in [0.1, 0.15) is 66.0 Å². The molecule has 2 aromatic carbocycles. The van der Waals surface area contributed by atoms with E-state index < -0.39 is 65.2 Å². The number of hydrogen-bond acceptors (Lipinski definition) is 8. The molecule has 4 heterocycles. The van der Waals surface area contributed by atoms with Gasteiger partial charge in [0.25, 0.3) is 0 Å². The summed E-state index contributed by atoms with van der Waals surface area (Å²) >= 11 is 0. The van der Waals surface area contributed by atoms with Crippen molar-refractivity contribution in [3.05, 3.63) is 76.6 Å². The maximum atomic E-state index is 14.2. The summed E-state index contributed by atoms with van der Waals surface area (Å²) in [6.45, 7) is 2.61. The first-order chi connectivity index (χ1) is 26.4. The second-order valence-electron chi connectivity index (χ2n) is 14.1. The molecule has 6 rings (SSSR count). The first kappa shape index (κ1) is 41.0. The zero-order valence-electron chi connectivity index (χ0n) is 29.9. The molecule has 1 unspecified atom stereocenters. The number of piperidine rings is 1.